The van der Waals surface area contributed by atoms with E-state index < -0.39 is 5.82 Å². The molecule has 1 aromatic heterocycles. The molecule has 0 bridgehead atoms. The van der Waals surface area contributed by atoms with Gasteiger partial charge in [0.2, 0.25) is 0 Å². The van der Waals surface area contributed by atoms with E-state index in [1.165, 1.54) is 12.1 Å². The van der Waals surface area contributed by atoms with E-state index in [-0.39, 0.29) is 5.75 Å². The standard InChI is InChI=1S/C12H15FN4O/c1-17-8-15-12(16-17)4-5-14-7-9-2-3-11(18)10(13)6-9/h2-3,6,8,14,18H,4-5,7H2,1H3. The predicted octanol–water partition coefficient (Wildman–Crippen LogP) is 0.992. The third-order valence-electron chi connectivity index (χ3n) is 2.51. The van der Waals surface area contributed by atoms with Crippen LogP contribution >= 0.6 is 0 Å². The molecule has 0 atom stereocenters. The van der Waals surface area contributed by atoms with Gasteiger partial charge in [-0.25, -0.2) is 9.37 Å². The normalized spacial score (nSPS) is 10.8. The summed E-state index contributed by atoms with van der Waals surface area (Å²) >= 11 is 0. The van der Waals surface area contributed by atoms with Crippen LogP contribution in [-0.4, -0.2) is 26.4 Å². The molecule has 0 aliphatic rings. The molecule has 1 heterocycles. The number of aromatic nitrogens is 3. The SMILES string of the molecule is Cn1cnc(CCNCc2ccc(O)c(F)c2)n1. The number of hydrogen-bond acceptors (Lipinski definition) is 4. The Balaban J connectivity index is 1.76. The van der Waals surface area contributed by atoms with Gasteiger partial charge in [-0.3, -0.25) is 4.68 Å². The summed E-state index contributed by atoms with van der Waals surface area (Å²) in [5.41, 5.74) is 0.791. The minimum atomic E-state index is -0.597. The Bertz CT molecular complexity index is 527. The van der Waals surface area contributed by atoms with Crippen molar-refractivity contribution in [1.29, 1.82) is 0 Å². The average molecular weight is 250 g/mol. The fourth-order valence-electron chi connectivity index (χ4n) is 1.59. The zero-order valence-electron chi connectivity index (χ0n) is 10.1. The molecule has 0 spiro atoms. The molecule has 2 rings (SSSR count). The van der Waals surface area contributed by atoms with Crippen molar-refractivity contribution in [2.24, 2.45) is 7.05 Å². The van der Waals surface area contributed by atoms with Gasteiger partial charge in [0.25, 0.3) is 0 Å². The predicted molar refractivity (Wildman–Crippen MR) is 64.5 cm³/mol. The molecule has 0 aliphatic carbocycles. The van der Waals surface area contributed by atoms with Crippen molar-refractivity contribution >= 4 is 0 Å². The second kappa shape index (κ2) is 5.59. The highest BCUT2D eigenvalue weighted by atomic mass is 19.1. The lowest BCUT2D eigenvalue weighted by atomic mass is 10.2. The van der Waals surface area contributed by atoms with Crippen LogP contribution in [0.3, 0.4) is 0 Å². The van der Waals surface area contributed by atoms with E-state index in [1.807, 2.05) is 7.05 Å². The van der Waals surface area contributed by atoms with Crippen LogP contribution in [0.1, 0.15) is 11.4 Å². The van der Waals surface area contributed by atoms with Gasteiger partial charge in [0, 0.05) is 26.6 Å². The first-order chi connectivity index (χ1) is 8.65. The van der Waals surface area contributed by atoms with Gasteiger partial charge in [0.1, 0.15) is 6.33 Å². The van der Waals surface area contributed by atoms with Crippen molar-refractivity contribution in [3.05, 3.63) is 41.7 Å². The second-order valence-electron chi connectivity index (χ2n) is 4.05. The molecule has 96 valence electrons. The molecule has 2 N–H and O–H groups in total. The quantitative estimate of drug-likeness (QED) is 0.777. The van der Waals surface area contributed by atoms with Crippen molar-refractivity contribution in [3.63, 3.8) is 0 Å². The van der Waals surface area contributed by atoms with E-state index >= 15 is 0 Å². The molecule has 0 unspecified atom stereocenters. The molecule has 18 heavy (non-hydrogen) atoms. The van der Waals surface area contributed by atoms with E-state index in [2.05, 4.69) is 15.4 Å². The number of nitrogens with zero attached hydrogens (tertiary/aromatic N) is 3. The van der Waals surface area contributed by atoms with Crippen molar-refractivity contribution in [2.75, 3.05) is 6.54 Å². The minimum absolute atomic E-state index is 0.323. The average Bonchev–Trinajstić information content (AvgIpc) is 2.75. The Labute approximate surface area is 104 Å². The monoisotopic (exact) mass is 250 g/mol. The van der Waals surface area contributed by atoms with Crippen molar-refractivity contribution < 1.29 is 9.50 Å². The van der Waals surface area contributed by atoms with Crippen LogP contribution in [0.25, 0.3) is 0 Å². The Morgan fingerprint density at radius 1 is 1.44 bits per heavy atom. The highest BCUT2D eigenvalue weighted by molar-refractivity contribution is 5.27. The van der Waals surface area contributed by atoms with E-state index in [0.29, 0.717) is 13.1 Å². The molecule has 1 aromatic carbocycles. The molecule has 0 fully saturated rings. The van der Waals surface area contributed by atoms with Crippen molar-refractivity contribution in [2.45, 2.75) is 13.0 Å². The number of benzene rings is 1. The molecule has 6 heteroatoms. The Hall–Kier alpha value is -1.95. The molecule has 0 amide bonds. The van der Waals surface area contributed by atoms with Gasteiger partial charge in [-0.2, -0.15) is 5.10 Å². The smallest absolute Gasteiger partial charge is 0.165 e. The van der Waals surface area contributed by atoms with Gasteiger partial charge < -0.3 is 10.4 Å². The molecule has 5 nitrogen and oxygen atoms in total. The van der Waals surface area contributed by atoms with E-state index in [0.717, 1.165) is 17.8 Å². The van der Waals surface area contributed by atoms with Crippen LogP contribution in [-0.2, 0) is 20.0 Å². The van der Waals surface area contributed by atoms with Crippen LogP contribution in [0.15, 0.2) is 24.5 Å². The summed E-state index contributed by atoms with van der Waals surface area (Å²) in [4.78, 5) is 4.10. The van der Waals surface area contributed by atoms with Crippen LogP contribution in [0, 0.1) is 5.82 Å². The second-order valence-corrected chi connectivity index (χ2v) is 4.05. The molecule has 2 aromatic rings. The first-order valence-corrected chi connectivity index (χ1v) is 5.68. The van der Waals surface area contributed by atoms with E-state index in [9.17, 15) is 4.39 Å². The Kier molecular flexibility index (Phi) is 3.88. The van der Waals surface area contributed by atoms with Crippen LogP contribution in [0.5, 0.6) is 5.75 Å². The third-order valence-corrected chi connectivity index (χ3v) is 2.51. The summed E-state index contributed by atoms with van der Waals surface area (Å²) in [6.07, 6.45) is 2.38. The van der Waals surface area contributed by atoms with Gasteiger partial charge in [-0.05, 0) is 17.7 Å². The van der Waals surface area contributed by atoms with Crippen LogP contribution in [0.2, 0.25) is 0 Å². The van der Waals surface area contributed by atoms with Crippen molar-refractivity contribution in [1.82, 2.24) is 20.1 Å². The van der Waals surface area contributed by atoms with Crippen LogP contribution < -0.4 is 5.32 Å². The lowest BCUT2D eigenvalue weighted by molar-refractivity contribution is 0.431. The highest BCUT2D eigenvalue weighted by Gasteiger charge is 2.02. The summed E-state index contributed by atoms with van der Waals surface area (Å²) in [5.74, 6) is -0.140. The number of halogens is 1. The van der Waals surface area contributed by atoms with Gasteiger partial charge >= 0.3 is 0 Å². The Morgan fingerprint density at radius 2 is 2.28 bits per heavy atom. The summed E-state index contributed by atoms with van der Waals surface area (Å²) in [6.45, 7) is 1.26. The number of rotatable bonds is 5. The highest BCUT2D eigenvalue weighted by Crippen LogP contribution is 2.15. The summed E-state index contributed by atoms with van der Waals surface area (Å²) in [6, 6.07) is 4.36. The number of aryl methyl sites for hydroxylation is 1. The summed E-state index contributed by atoms with van der Waals surface area (Å²) in [5, 5.41) is 16.4. The fourth-order valence-corrected chi connectivity index (χ4v) is 1.59. The molecule has 0 aliphatic heterocycles. The number of phenolic OH excluding ortho intramolecular Hbond substituents is 1. The third kappa shape index (κ3) is 3.27. The van der Waals surface area contributed by atoms with Crippen molar-refractivity contribution in [3.8, 4) is 5.75 Å². The lowest BCUT2D eigenvalue weighted by Crippen LogP contribution is -2.17. The zero-order valence-corrected chi connectivity index (χ0v) is 10.1. The molecule has 0 saturated heterocycles. The lowest BCUT2D eigenvalue weighted by Gasteiger charge is -2.04. The maximum atomic E-state index is 13.1. The van der Waals surface area contributed by atoms with E-state index in [1.54, 1.807) is 17.1 Å². The zero-order chi connectivity index (χ0) is 13.0. The number of hydrogen-bond donors (Lipinski definition) is 2. The van der Waals surface area contributed by atoms with Gasteiger partial charge in [-0.15, -0.1) is 0 Å². The van der Waals surface area contributed by atoms with E-state index in [4.69, 9.17) is 5.11 Å². The summed E-state index contributed by atoms with van der Waals surface area (Å²) < 4.78 is 14.7. The largest absolute Gasteiger partial charge is 0.505 e. The molecule has 0 saturated carbocycles. The fraction of sp³-hybridized carbons (Fsp3) is 0.333. The minimum Gasteiger partial charge on any atom is -0.505 e. The van der Waals surface area contributed by atoms with Gasteiger partial charge in [-0.1, -0.05) is 6.07 Å². The maximum absolute atomic E-state index is 13.1. The molecular formula is C12H15FN4O. The molecular weight excluding hydrogens is 235 g/mol. The number of nitrogens with one attached hydrogen (secondary N) is 1. The topological polar surface area (TPSA) is 63.0 Å². The van der Waals surface area contributed by atoms with Gasteiger partial charge in [0.15, 0.2) is 17.4 Å². The number of phenols is 1. The Morgan fingerprint density at radius 3 is 2.94 bits per heavy atom. The number of aromatic hydroxyl groups is 1. The van der Waals surface area contributed by atoms with Gasteiger partial charge in [0.05, 0.1) is 0 Å². The summed E-state index contributed by atoms with van der Waals surface area (Å²) in [7, 11) is 1.82. The first-order valence-electron chi connectivity index (χ1n) is 5.68. The first kappa shape index (κ1) is 12.5. The maximum Gasteiger partial charge on any atom is 0.165 e. The van der Waals surface area contributed by atoms with Crippen LogP contribution in [0.4, 0.5) is 4.39 Å². The molecule has 0 radical (unpaired) electrons.